The molecular formula is C21H26N2O6S2. The molecule has 1 amide bonds. The summed E-state index contributed by atoms with van der Waals surface area (Å²) in [6.45, 7) is 5.60. The molecule has 1 aliphatic heterocycles. The summed E-state index contributed by atoms with van der Waals surface area (Å²) in [6.07, 6.45) is -0.468. The van der Waals surface area contributed by atoms with Gasteiger partial charge in [0.1, 0.15) is 0 Å². The monoisotopic (exact) mass is 466 g/mol. The number of carbonyl (C=O) groups is 1. The van der Waals surface area contributed by atoms with E-state index < -0.39 is 25.8 Å². The van der Waals surface area contributed by atoms with Crippen LogP contribution in [0.1, 0.15) is 31.1 Å². The normalized spacial score (nSPS) is 20.4. The summed E-state index contributed by atoms with van der Waals surface area (Å²) < 4.78 is 57.8. The number of amides is 1. The van der Waals surface area contributed by atoms with Crippen LogP contribution in [0.2, 0.25) is 0 Å². The molecule has 8 nitrogen and oxygen atoms in total. The van der Waals surface area contributed by atoms with E-state index in [1.165, 1.54) is 47.6 Å². The molecule has 31 heavy (non-hydrogen) atoms. The zero-order valence-electron chi connectivity index (χ0n) is 17.6. The molecule has 1 fully saturated rings. The van der Waals surface area contributed by atoms with Crippen LogP contribution in [0.15, 0.2) is 58.3 Å². The lowest BCUT2D eigenvalue weighted by Gasteiger charge is -2.34. The Labute approximate surface area is 183 Å². The van der Waals surface area contributed by atoms with Crippen LogP contribution < -0.4 is 5.32 Å². The van der Waals surface area contributed by atoms with Gasteiger partial charge in [0, 0.05) is 18.7 Å². The number of rotatable bonds is 6. The minimum atomic E-state index is -3.81. The molecule has 0 spiro atoms. The van der Waals surface area contributed by atoms with Crippen molar-refractivity contribution in [3.8, 4) is 0 Å². The van der Waals surface area contributed by atoms with Gasteiger partial charge in [0.2, 0.25) is 10.0 Å². The number of nitrogens with zero attached hydrogens (tertiary/aromatic N) is 1. The topological polar surface area (TPSA) is 110 Å². The maximum absolute atomic E-state index is 13.1. The van der Waals surface area contributed by atoms with E-state index in [0.717, 1.165) is 0 Å². The second-order valence-corrected chi connectivity index (χ2v) is 11.6. The molecule has 0 saturated carbocycles. The lowest BCUT2D eigenvalue weighted by Crippen LogP contribution is -2.48. The molecule has 2 atom stereocenters. The summed E-state index contributed by atoms with van der Waals surface area (Å²) in [5, 5.41) is 2.59. The third-order valence-electron chi connectivity index (χ3n) is 4.97. The van der Waals surface area contributed by atoms with Crippen LogP contribution in [-0.4, -0.2) is 58.1 Å². The molecule has 1 N–H and O–H groups in total. The molecular weight excluding hydrogens is 440 g/mol. The molecule has 0 aliphatic carbocycles. The van der Waals surface area contributed by atoms with Gasteiger partial charge in [-0.25, -0.2) is 16.8 Å². The van der Waals surface area contributed by atoms with Crippen molar-refractivity contribution in [1.82, 2.24) is 4.31 Å². The van der Waals surface area contributed by atoms with Gasteiger partial charge in [0.25, 0.3) is 5.91 Å². The summed E-state index contributed by atoms with van der Waals surface area (Å²) >= 11 is 0. The summed E-state index contributed by atoms with van der Waals surface area (Å²) in [5.41, 5.74) is 0.262. The minimum Gasteiger partial charge on any atom is -0.373 e. The highest BCUT2D eigenvalue weighted by Crippen LogP contribution is 2.25. The van der Waals surface area contributed by atoms with Crippen molar-refractivity contribution in [2.75, 3.05) is 24.2 Å². The lowest BCUT2D eigenvalue weighted by molar-refractivity contribution is -0.0440. The van der Waals surface area contributed by atoms with Crippen LogP contribution in [0, 0.1) is 0 Å². The number of sulfone groups is 1. The first-order valence-electron chi connectivity index (χ1n) is 9.93. The number of sulfonamides is 1. The number of para-hydroxylation sites is 1. The molecule has 2 aromatic rings. The van der Waals surface area contributed by atoms with Gasteiger partial charge in [-0.15, -0.1) is 0 Å². The average Bonchev–Trinajstić information content (AvgIpc) is 2.73. The fraction of sp³-hybridized carbons (Fsp3) is 0.381. The van der Waals surface area contributed by atoms with Gasteiger partial charge >= 0.3 is 0 Å². The Bertz CT molecular complexity index is 1170. The fourth-order valence-corrected chi connectivity index (χ4v) is 6.15. The van der Waals surface area contributed by atoms with Gasteiger partial charge in [-0.3, -0.25) is 4.79 Å². The molecule has 2 aromatic carbocycles. The highest BCUT2D eigenvalue weighted by Gasteiger charge is 2.32. The number of ether oxygens (including phenoxy) is 1. The zero-order valence-corrected chi connectivity index (χ0v) is 19.2. The maximum atomic E-state index is 13.1. The van der Waals surface area contributed by atoms with Crippen molar-refractivity contribution in [3.63, 3.8) is 0 Å². The second kappa shape index (κ2) is 9.07. The number of nitrogens with one attached hydrogen (secondary N) is 1. The van der Waals surface area contributed by atoms with Crippen molar-refractivity contribution in [2.45, 2.75) is 42.8 Å². The number of hydrogen-bond donors (Lipinski definition) is 1. The van der Waals surface area contributed by atoms with E-state index in [1.54, 1.807) is 12.1 Å². The van der Waals surface area contributed by atoms with Crippen molar-refractivity contribution in [3.05, 3.63) is 54.1 Å². The predicted octanol–water partition coefficient (Wildman–Crippen LogP) is 2.53. The third kappa shape index (κ3) is 5.15. The van der Waals surface area contributed by atoms with Crippen molar-refractivity contribution >= 4 is 31.5 Å². The molecule has 0 radical (unpaired) electrons. The Hall–Kier alpha value is -2.27. The Morgan fingerprint density at radius 2 is 1.68 bits per heavy atom. The summed E-state index contributed by atoms with van der Waals surface area (Å²) in [7, 11) is -7.36. The Kier molecular flexibility index (Phi) is 6.85. The van der Waals surface area contributed by atoms with E-state index in [9.17, 15) is 21.6 Å². The van der Waals surface area contributed by atoms with E-state index >= 15 is 0 Å². The average molecular weight is 467 g/mol. The van der Waals surface area contributed by atoms with Gasteiger partial charge in [-0.1, -0.05) is 25.1 Å². The van der Waals surface area contributed by atoms with Gasteiger partial charge in [-0.05, 0) is 44.2 Å². The highest BCUT2D eigenvalue weighted by atomic mass is 32.2. The van der Waals surface area contributed by atoms with Crippen LogP contribution in [0.3, 0.4) is 0 Å². The quantitative estimate of drug-likeness (QED) is 0.701. The molecule has 0 bridgehead atoms. The van der Waals surface area contributed by atoms with E-state index in [4.69, 9.17) is 4.74 Å². The smallest absolute Gasteiger partial charge is 0.255 e. The van der Waals surface area contributed by atoms with E-state index in [2.05, 4.69) is 5.32 Å². The summed E-state index contributed by atoms with van der Waals surface area (Å²) in [6, 6.07) is 11.8. The summed E-state index contributed by atoms with van der Waals surface area (Å²) in [4.78, 5) is 12.8. The molecule has 0 aromatic heterocycles. The third-order valence-corrected chi connectivity index (χ3v) is 8.58. The molecule has 10 heteroatoms. The number of benzene rings is 2. The SMILES string of the molecule is CCS(=O)(=O)c1ccccc1NC(=O)c1cccc(S(=O)(=O)N2CC(C)OC(C)C2)c1. The number of anilines is 1. The standard InChI is InChI=1S/C21H26N2O6S2/c1-4-30(25,26)20-11-6-5-10-19(20)22-21(24)17-8-7-9-18(12-17)31(27,28)23-13-15(2)29-16(3)14-23/h5-12,15-16H,4,13-14H2,1-3H3,(H,22,24). The van der Waals surface area contributed by atoms with Crippen molar-refractivity contribution in [1.29, 1.82) is 0 Å². The van der Waals surface area contributed by atoms with Gasteiger partial charge in [-0.2, -0.15) is 4.31 Å². The summed E-state index contributed by atoms with van der Waals surface area (Å²) in [5.74, 6) is -0.705. The van der Waals surface area contributed by atoms with Crippen LogP contribution in [0.4, 0.5) is 5.69 Å². The predicted molar refractivity (Wildman–Crippen MR) is 117 cm³/mol. The first kappa shape index (κ1) is 23.4. The Morgan fingerprint density at radius 1 is 1.03 bits per heavy atom. The largest absolute Gasteiger partial charge is 0.373 e. The first-order valence-corrected chi connectivity index (χ1v) is 13.0. The van der Waals surface area contributed by atoms with Crippen LogP contribution in [0.25, 0.3) is 0 Å². The Balaban J connectivity index is 1.88. The van der Waals surface area contributed by atoms with E-state index in [0.29, 0.717) is 0 Å². The van der Waals surface area contributed by atoms with Crippen LogP contribution in [0.5, 0.6) is 0 Å². The molecule has 3 rings (SSSR count). The van der Waals surface area contributed by atoms with Gasteiger partial charge in [0.05, 0.1) is 33.4 Å². The molecule has 2 unspecified atom stereocenters. The molecule has 1 heterocycles. The number of hydrogen-bond acceptors (Lipinski definition) is 6. The minimum absolute atomic E-state index is 0.00378. The Morgan fingerprint density at radius 3 is 2.32 bits per heavy atom. The van der Waals surface area contributed by atoms with E-state index in [-0.39, 0.29) is 52.1 Å². The van der Waals surface area contributed by atoms with Gasteiger partial charge < -0.3 is 10.1 Å². The number of carbonyl (C=O) groups excluding carboxylic acids is 1. The van der Waals surface area contributed by atoms with E-state index in [1.807, 2.05) is 13.8 Å². The molecule has 168 valence electrons. The molecule has 1 aliphatic rings. The fourth-order valence-electron chi connectivity index (χ4n) is 3.46. The van der Waals surface area contributed by atoms with Crippen LogP contribution >= 0.6 is 0 Å². The lowest BCUT2D eigenvalue weighted by atomic mass is 10.2. The van der Waals surface area contributed by atoms with Crippen LogP contribution in [-0.2, 0) is 24.6 Å². The van der Waals surface area contributed by atoms with Crippen molar-refractivity contribution < 1.29 is 26.4 Å². The number of morpholine rings is 1. The maximum Gasteiger partial charge on any atom is 0.255 e. The first-order chi connectivity index (χ1) is 14.5. The zero-order chi connectivity index (χ0) is 22.8. The van der Waals surface area contributed by atoms with Gasteiger partial charge in [0.15, 0.2) is 9.84 Å². The highest BCUT2D eigenvalue weighted by molar-refractivity contribution is 7.91. The second-order valence-electron chi connectivity index (χ2n) is 7.46. The van der Waals surface area contributed by atoms with Crippen molar-refractivity contribution in [2.24, 2.45) is 0 Å². The molecule has 1 saturated heterocycles.